The van der Waals surface area contributed by atoms with Gasteiger partial charge < -0.3 is 24.3 Å². The predicted molar refractivity (Wildman–Crippen MR) is 132 cm³/mol. The van der Waals surface area contributed by atoms with Gasteiger partial charge in [0.2, 0.25) is 0 Å². The highest BCUT2D eigenvalue weighted by Crippen LogP contribution is 2.28. The molecule has 0 saturated carbocycles. The first-order valence-corrected chi connectivity index (χ1v) is 14.7. The highest BCUT2D eigenvalue weighted by molar-refractivity contribution is 6.76. The van der Waals surface area contributed by atoms with Crippen molar-refractivity contribution in [2.45, 2.75) is 32.3 Å². The van der Waals surface area contributed by atoms with E-state index in [1.165, 1.54) is 30.5 Å². The van der Waals surface area contributed by atoms with E-state index < -0.39 is 26.1 Å². The molecule has 0 fully saturated rings. The van der Waals surface area contributed by atoms with E-state index in [1.54, 1.807) is 0 Å². The number of hydrogen-bond acceptors (Lipinski definition) is 6. The molecule has 2 amide bonds. The Morgan fingerprint density at radius 1 is 1.06 bits per heavy atom. The van der Waals surface area contributed by atoms with Crippen LogP contribution in [0.2, 0.25) is 25.7 Å². The van der Waals surface area contributed by atoms with Crippen LogP contribution in [0.5, 0.6) is 11.5 Å². The molecule has 10 heteroatoms. The van der Waals surface area contributed by atoms with Crippen molar-refractivity contribution in [3.8, 4) is 11.5 Å². The summed E-state index contributed by atoms with van der Waals surface area (Å²) in [5.41, 5.74) is 0.738. The number of amides is 2. The van der Waals surface area contributed by atoms with E-state index in [9.17, 15) is 19.1 Å². The number of ether oxygens (including phenoxy) is 2. The van der Waals surface area contributed by atoms with Gasteiger partial charge in [-0.05, 0) is 29.8 Å². The highest BCUT2D eigenvalue weighted by Gasteiger charge is 2.18. The summed E-state index contributed by atoms with van der Waals surface area (Å²) in [7, 11) is -1.49. The van der Waals surface area contributed by atoms with E-state index in [0.29, 0.717) is 0 Å². The fourth-order valence-electron chi connectivity index (χ4n) is 3.02. The van der Waals surface area contributed by atoms with Gasteiger partial charge >= 0.3 is 6.09 Å². The molecule has 184 valence electrons. The van der Waals surface area contributed by atoms with Crippen LogP contribution < -0.4 is 20.1 Å². The Labute approximate surface area is 204 Å². The average Bonchev–Trinajstić information content (AvgIpc) is 2.80. The van der Waals surface area contributed by atoms with E-state index in [4.69, 9.17) is 9.47 Å². The van der Waals surface area contributed by atoms with Crippen LogP contribution in [0.25, 0.3) is 0 Å². The third-order valence-corrected chi connectivity index (χ3v) is 6.65. The number of rotatable bonds is 9. The van der Waals surface area contributed by atoms with Crippen molar-refractivity contribution in [2.24, 2.45) is 0 Å². The van der Waals surface area contributed by atoms with E-state index in [-0.39, 0.29) is 36.2 Å². The molecule has 0 aliphatic heterocycles. The van der Waals surface area contributed by atoms with E-state index in [0.717, 1.165) is 22.6 Å². The molecule has 0 bridgehead atoms. The van der Waals surface area contributed by atoms with Crippen molar-refractivity contribution in [1.82, 2.24) is 4.98 Å². The maximum absolute atomic E-state index is 14.5. The average molecular weight is 497 g/mol. The van der Waals surface area contributed by atoms with Crippen LogP contribution in [0.4, 0.5) is 25.5 Å². The van der Waals surface area contributed by atoms with Gasteiger partial charge in [-0.2, -0.15) is 0 Å². The quantitative estimate of drug-likeness (QED) is 0.406. The minimum absolute atomic E-state index is 0.0562. The summed E-state index contributed by atoms with van der Waals surface area (Å²) in [5.74, 6) is -0.123. The molecule has 3 aromatic rings. The Kier molecular flexibility index (Phi) is 8.42. The fraction of sp³-hybridized carbons (Fsp3) is 0.240. The summed E-state index contributed by atoms with van der Waals surface area (Å²) in [4.78, 5) is 28.8. The first-order chi connectivity index (χ1) is 16.6. The van der Waals surface area contributed by atoms with Gasteiger partial charge in [0, 0.05) is 32.9 Å². The van der Waals surface area contributed by atoms with Gasteiger partial charge in [0.25, 0.3) is 0 Å². The second-order valence-corrected chi connectivity index (χ2v) is 14.6. The van der Waals surface area contributed by atoms with Crippen LogP contribution >= 0.6 is 0 Å². The molecule has 0 spiro atoms. The molecule has 0 aliphatic rings. The minimum atomic E-state index is -1.49. The number of anilines is 2. The number of hydrogen-bond donors (Lipinski definition) is 1. The fourth-order valence-corrected chi connectivity index (χ4v) is 3.92. The summed E-state index contributed by atoms with van der Waals surface area (Å²) in [6, 6.07) is 16.8. The van der Waals surface area contributed by atoms with Gasteiger partial charge in [-0.15, -0.1) is 0 Å². The zero-order valence-electron chi connectivity index (χ0n) is 19.8. The van der Waals surface area contributed by atoms with Gasteiger partial charge in [-0.25, -0.2) is 14.2 Å². The lowest BCUT2D eigenvalue weighted by Gasteiger charge is -2.27. The van der Waals surface area contributed by atoms with Gasteiger partial charge in [0.1, 0.15) is 30.0 Å². The molecule has 0 aliphatic carbocycles. The summed E-state index contributed by atoms with van der Waals surface area (Å²) in [6.45, 7) is 6.75. The number of pyridine rings is 1. The summed E-state index contributed by atoms with van der Waals surface area (Å²) in [5, 5.41) is 14.0. The van der Waals surface area contributed by atoms with Gasteiger partial charge in [0.15, 0.2) is 5.82 Å². The van der Waals surface area contributed by atoms with Crippen molar-refractivity contribution in [2.75, 3.05) is 16.8 Å². The molecule has 2 aromatic carbocycles. The monoisotopic (exact) mass is 496 g/mol. The molecule has 35 heavy (non-hydrogen) atoms. The minimum Gasteiger partial charge on any atom is -0.530 e. The molecule has 0 radical (unpaired) electrons. The van der Waals surface area contributed by atoms with Crippen LogP contribution in [-0.4, -0.2) is 31.8 Å². The normalized spacial score (nSPS) is 11.0. The van der Waals surface area contributed by atoms with Crippen molar-refractivity contribution in [3.05, 3.63) is 78.2 Å². The SMILES string of the molecule is C[Si](C)(C)CCN(C(=O)[O-])c1cc(Oc2ccc(NC(=O)OCc3ccccc3)c(F)c2)ccn1. The van der Waals surface area contributed by atoms with Crippen molar-refractivity contribution in [1.29, 1.82) is 0 Å². The number of aromatic nitrogens is 1. The Balaban J connectivity index is 1.63. The van der Waals surface area contributed by atoms with Gasteiger partial charge in [-0.3, -0.25) is 5.32 Å². The number of nitrogens with zero attached hydrogens (tertiary/aromatic N) is 2. The number of benzene rings is 2. The maximum atomic E-state index is 14.5. The summed E-state index contributed by atoms with van der Waals surface area (Å²) >= 11 is 0. The number of halogens is 1. The zero-order chi connectivity index (χ0) is 25.4. The lowest BCUT2D eigenvalue weighted by Crippen LogP contribution is -2.44. The molecular weight excluding hydrogens is 469 g/mol. The smallest absolute Gasteiger partial charge is 0.412 e. The molecule has 3 rings (SSSR count). The summed E-state index contributed by atoms with van der Waals surface area (Å²) < 4.78 is 25.3. The molecular formula is C25H27FN3O5Si-. The third kappa shape index (κ3) is 8.11. The molecule has 8 nitrogen and oxygen atoms in total. The number of carboxylic acid groups (broad SMARTS) is 1. The van der Waals surface area contributed by atoms with Crippen molar-refractivity contribution < 1.29 is 28.6 Å². The Hall–Kier alpha value is -3.92. The zero-order valence-corrected chi connectivity index (χ0v) is 20.8. The summed E-state index contributed by atoms with van der Waals surface area (Å²) in [6.07, 6.45) is -0.737. The maximum Gasteiger partial charge on any atom is 0.412 e. The van der Waals surface area contributed by atoms with Gasteiger partial charge in [0.05, 0.1) is 5.69 Å². The highest BCUT2D eigenvalue weighted by atomic mass is 28.3. The topological polar surface area (TPSA) is 104 Å². The molecule has 0 saturated heterocycles. The molecule has 1 N–H and O–H groups in total. The molecule has 0 atom stereocenters. The van der Waals surface area contributed by atoms with Crippen LogP contribution in [0.1, 0.15) is 5.56 Å². The lowest BCUT2D eigenvalue weighted by molar-refractivity contribution is -0.246. The second-order valence-electron chi connectivity index (χ2n) is 9.01. The van der Waals surface area contributed by atoms with Crippen LogP contribution in [0.3, 0.4) is 0 Å². The Morgan fingerprint density at radius 3 is 2.43 bits per heavy atom. The molecule has 1 heterocycles. The first-order valence-electron chi connectivity index (χ1n) is 11.0. The van der Waals surface area contributed by atoms with E-state index in [1.807, 2.05) is 30.3 Å². The number of nitrogens with one attached hydrogen (secondary N) is 1. The lowest BCUT2D eigenvalue weighted by atomic mass is 10.2. The Morgan fingerprint density at radius 2 is 1.77 bits per heavy atom. The van der Waals surface area contributed by atoms with Crippen LogP contribution in [-0.2, 0) is 11.3 Å². The van der Waals surface area contributed by atoms with E-state index in [2.05, 4.69) is 29.9 Å². The van der Waals surface area contributed by atoms with Crippen LogP contribution in [0, 0.1) is 5.82 Å². The standard InChI is InChI=1S/C25H28FN3O5Si/c1-35(2,3)14-13-29(25(31)32)23-16-20(11-12-27-23)34-19-9-10-22(21(26)15-19)28-24(30)33-17-18-7-5-4-6-8-18/h4-12,15-16H,13-14,17H2,1-3H3,(H,28,30)(H,31,32)/p-1. The largest absolute Gasteiger partial charge is 0.530 e. The van der Waals surface area contributed by atoms with Crippen molar-refractivity contribution >= 4 is 31.8 Å². The van der Waals surface area contributed by atoms with Gasteiger partial charge in [-0.1, -0.05) is 50.0 Å². The van der Waals surface area contributed by atoms with Crippen LogP contribution in [0.15, 0.2) is 66.9 Å². The third-order valence-electron chi connectivity index (χ3n) is 4.93. The van der Waals surface area contributed by atoms with Crippen molar-refractivity contribution in [3.63, 3.8) is 0 Å². The second kappa shape index (κ2) is 11.5. The predicted octanol–water partition coefficient (Wildman–Crippen LogP) is 5.25. The molecule has 0 unspecified atom stereocenters. The number of carbonyl (C=O) groups excluding carboxylic acids is 2. The number of carbonyl (C=O) groups is 2. The first kappa shape index (κ1) is 25.7. The Bertz CT molecular complexity index is 1170. The molecule has 1 aromatic heterocycles. The van der Waals surface area contributed by atoms with E-state index >= 15 is 0 Å².